The Hall–Kier alpha value is -5.22. The van der Waals surface area contributed by atoms with Crippen LogP contribution >= 0.6 is 0 Å². The molecule has 54 heavy (non-hydrogen) atoms. The molecule has 0 radical (unpaired) electrons. The minimum Gasteiger partial charge on any atom is -0.249 e. The molecule has 2 fully saturated rings. The molecular formula is C50H50N4. The van der Waals surface area contributed by atoms with E-state index >= 15 is 0 Å². The maximum atomic E-state index is 5.16. The quantitative estimate of drug-likeness (QED) is 0.184. The molecule has 0 unspecified atom stereocenters. The van der Waals surface area contributed by atoms with E-state index in [4.69, 9.17) is 19.9 Å². The van der Waals surface area contributed by atoms with Gasteiger partial charge in [-0.05, 0) is 109 Å². The van der Waals surface area contributed by atoms with Crippen LogP contribution < -0.4 is 0 Å². The Balaban J connectivity index is 0.000000138. The Morgan fingerprint density at radius 2 is 0.796 bits per heavy atom. The molecule has 2 heterocycles. The van der Waals surface area contributed by atoms with Crippen molar-refractivity contribution < 1.29 is 0 Å². The van der Waals surface area contributed by atoms with Gasteiger partial charge in [-0.2, -0.15) is 0 Å². The average molecular weight is 707 g/mol. The zero-order chi connectivity index (χ0) is 36.9. The second kappa shape index (κ2) is 13.9. The first-order valence-corrected chi connectivity index (χ1v) is 20.3. The van der Waals surface area contributed by atoms with Gasteiger partial charge < -0.3 is 0 Å². The van der Waals surface area contributed by atoms with E-state index in [9.17, 15) is 0 Å². The molecule has 0 atom stereocenters. The topological polar surface area (TPSA) is 51.6 Å². The van der Waals surface area contributed by atoms with Crippen LogP contribution in [0.25, 0.3) is 55.4 Å². The fraction of sp³-hybridized carbons (Fsp3) is 0.320. The second-order valence-corrected chi connectivity index (χ2v) is 16.3. The third-order valence-electron chi connectivity index (χ3n) is 12.9. The van der Waals surface area contributed by atoms with Gasteiger partial charge in [0.15, 0.2) is 0 Å². The SMILES string of the molecule is CC.CC12CCC(C)(CC1)c1nc3cc(-c4ccccc4)ccc3nc12.c1ccc(-c2cc3nc4c(nc3cc2-c2ccccc2)C2CCC4CC2)cc1. The lowest BCUT2D eigenvalue weighted by atomic mass is 9.55. The van der Waals surface area contributed by atoms with Crippen LogP contribution in [0, 0.1) is 0 Å². The summed E-state index contributed by atoms with van der Waals surface area (Å²) in [5.41, 5.74) is 17.0. The van der Waals surface area contributed by atoms with E-state index in [-0.39, 0.29) is 10.8 Å². The fourth-order valence-corrected chi connectivity index (χ4v) is 9.62. The molecule has 0 spiro atoms. The van der Waals surface area contributed by atoms with Gasteiger partial charge in [0.05, 0.1) is 44.8 Å². The number of aromatic nitrogens is 4. The lowest BCUT2D eigenvalue weighted by Gasteiger charge is -2.50. The van der Waals surface area contributed by atoms with Gasteiger partial charge in [-0.15, -0.1) is 0 Å². The van der Waals surface area contributed by atoms with Gasteiger partial charge in [-0.25, -0.2) is 19.9 Å². The Morgan fingerprint density at radius 3 is 1.24 bits per heavy atom. The first-order chi connectivity index (χ1) is 26.4. The molecule has 270 valence electrons. The minimum absolute atomic E-state index is 0.219. The standard InChI is InChI=1S/C26H22N2.C22H22N2.C2H6/c1-3-7-17(8-4-1)21-15-23-24(16-22(21)18-9-5-2-6-10-18)28-26-20-13-11-19(12-14-20)25(26)27-23;1-21-10-12-22(2,13-11-21)20-19(21)23-17-9-8-16(14-18(17)24-20)15-6-4-3-5-7-15;1-2/h1-10,15-16,19-20H,11-14H2;3-9,14H,10-13H2,1-2H3;1-2H3. The van der Waals surface area contributed by atoms with Gasteiger partial charge in [0.25, 0.3) is 0 Å². The lowest BCUT2D eigenvalue weighted by molar-refractivity contribution is 0.177. The molecule has 2 saturated carbocycles. The highest BCUT2D eigenvalue weighted by atomic mass is 14.9. The summed E-state index contributed by atoms with van der Waals surface area (Å²) in [6.45, 7) is 8.76. The summed E-state index contributed by atoms with van der Waals surface area (Å²) in [5.74, 6) is 1.23. The van der Waals surface area contributed by atoms with Gasteiger partial charge in [0.2, 0.25) is 0 Å². The van der Waals surface area contributed by atoms with Gasteiger partial charge >= 0.3 is 0 Å². The largest absolute Gasteiger partial charge is 0.249 e. The molecule has 6 aliphatic rings. The molecule has 7 aromatic rings. The van der Waals surface area contributed by atoms with E-state index in [1.54, 1.807) is 0 Å². The second-order valence-electron chi connectivity index (χ2n) is 16.3. The van der Waals surface area contributed by atoms with Crippen molar-refractivity contribution >= 4 is 22.1 Å². The molecule has 0 aliphatic heterocycles. The summed E-state index contributed by atoms with van der Waals surface area (Å²) >= 11 is 0. The van der Waals surface area contributed by atoms with Crippen LogP contribution in [0.15, 0.2) is 121 Å². The maximum absolute atomic E-state index is 5.16. The number of benzene rings is 5. The smallest absolute Gasteiger partial charge is 0.0897 e. The molecular weight excluding hydrogens is 657 g/mol. The van der Waals surface area contributed by atoms with E-state index in [1.165, 1.54) is 108 Å². The summed E-state index contributed by atoms with van der Waals surface area (Å²) in [6.07, 6.45) is 10.1. The number of fused-ring (bicyclic) bond motifs is 6. The Morgan fingerprint density at radius 1 is 0.407 bits per heavy atom. The third-order valence-corrected chi connectivity index (χ3v) is 12.9. The first kappa shape index (κ1) is 34.5. The van der Waals surface area contributed by atoms with Crippen LogP contribution in [-0.4, -0.2) is 19.9 Å². The molecule has 0 N–H and O–H groups in total. The Bertz CT molecular complexity index is 2350. The van der Waals surface area contributed by atoms with E-state index < -0.39 is 0 Å². The van der Waals surface area contributed by atoms with E-state index in [0.717, 1.165) is 22.1 Å². The third kappa shape index (κ3) is 6.00. The molecule has 6 aliphatic carbocycles. The van der Waals surface area contributed by atoms with Crippen LogP contribution in [0.3, 0.4) is 0 Å². The summed E-state index contributed by atoms with van der Waals surface area (Å²) < 4.78 is 0. The number of hydrogen-bond donors (Lipinski definition) is 0. The molecule has 5 aromatic carbocycles. The zero-order valence-electron chi connectivity index (χ0n) is 32.1. The van der Waals surface area contributed by atoms with Crippen molar-refractivity contribution in [2.75, 3.05) is 0 Å². The lowest BCUT2D eigenvalue weighted by Crippen LogP contribution is -2.45. The van der Waals surface area contributed by atoms with Gasteiger partial charge in [0, 0.05) is 22.7 Å². The van der Waals surface area contributed by atoms with Crippen LogP contribution in [0.5, 0.6) is 0 Å². The maximum Gasteiger partial charge on any atom is 0.0897 e. The average Bonchev–Trinajstić information content (AvgIpc) is 3.25. The predicted molar refractivity (Wildman–Crippen MR) is 224 cm³/mol. The summed E-state index contributed by atoms with van der Waals surface area (Å²) in [5, 5.41) is 0. The van der Waals surface area contributed by atoms with Crippen molar-refractivity contribution in [3.8, 4) is 33.4 Å². The molecule has 4 bridgehead atoms. The van der Waals surface area contributed by atoms with Crippen molar-refractivity contribution in [1.29, 1.82) is 0 Å². The highest BCUT2D eigenvalue weighted by Gasteiger charge is 2.50. The highest BCUT2D eigenvalue weighted by molar-refractivity contribution is 5.93. The van der Waals surface area contributed by atoms with Crippen LogP contribution in [0.1, 0.15) is 114 Å². The molecule has 0 amide bonds. The number of hydrogen-bond acceptors (Lipinski definition) is 4. The Kier molecular flexibility index (Phi) is 8.88. The van der Waals surface area contributed by atoms with Gasteiger partial charge in [-0.1, -0.05) is 125 Å². The summed E-state index contributed by atoms with van der Waals surface area (Å²) in [6, 6.07) is 42.8. The first-order valence-electron chi connectivity index (χ1n) is 20.3. The fourth-order valence-electron chi connectivity index (χ4n) is 9.62. The molecule has 4 heteroatoms. The molecule has 13 rings (SSSR count). The van der Waals surface area contributed by atoms with Crippen molar-refractivity contribution in [2.24, 2.45) is 0 Å². The monoisotopic (exact) mass is 706 g/mol. The number of nitrogens with zero attached hydrogens (tertiary/aromatic N) is 4. The summed E-state index contributed by atoms with van der Waals surface area (Å²) in [4.78, 5) is 20.5. The molecule has 4 nitrogen and oxygen atoms in total. The molecule has 0 saturated heterocycles. The highest BCUT2D eigenvalue weighted by Crippen LogP contribution is 2.55. The van der Waals surface area contributed by atoms with Crippen molar-refractivity contribution in [3.63, 3.8) is 0 Å². The van der Waals surface area contributed by atoms with E-state index in [2.05, 4.69) is 135 Å². The van der Waals surface area contributed by atoms with Crippen LogP contribution in [-0.2, 0) is 10.8 Å². The van der Waals surface area contributed by atoms with Crippen molar-refractivity contribution in [1.82, 2.24) is 19.9 Å². The summed E-state index contributed by atoms with van der Waals surface area (Å²) in [7, 11) is 0. The predicted octanol–water partition coefficient (Wildman–Crippen LogP) is 13.1. The zero-order valence-corrected chi connectivity index (χ0v) is 32.1. The minimum atomic E-state index is 0.219. The van der Waals surface area contributed by atoms with Gasteiger partial charge in [0.1, 0.15) is 0 Å². The number of rotatable bonds is 3. The Labute approximate surface area is 320 Å². The van der Waals surface area contributed by atoms with E-state index in [1.807, 2.05) is 13.8 Å². The van der Waals surface area contributed by atoms with Crippen LogP contribution in [0.2, 0.25) is 0 Å². The normalized spacial score (nSPS) is 23.1. The van der Waals surface area contributed by atoms with Crippen molar-refractivity contribution in [2.45, 2.75) is 102 Å². The molecule has 2 aromatic heterocycles. The van der Waals surface area contributed by atoms with Crippen molar-refractivity contribution in [3.05, 3.63) is 144 Å². The van der Waals surface area contributed by atoms with E-state index in [0.29, 0.717) is 11.8 Å². The van der Waals surface area contributed by atoms with Gasteiger partial charge in [-0.3, -0.25) is 0 Å². The van der Waals surface area contributed by atoms with Crippen LogP contribution in [0.4, 0.5) is 0 Å².